The van der Waals surface area contributed by atoms with Crippen LogP contribution in [0.15, 0.2) is 46.9 Å². The Hall–Kier alpha value is -2.41. The Bertz CT molecular complexity index is 990. The minimum absolute atomic E-state index is 0.116. The van der Waals surface area contributed by atoms with Crippen molar-refractivity contribution in [2.45, 2.75) is 26.8 Å². The molecule has 29 heavy (non-hydrogen) atoms. The number of halogens is 2. The molecular formula is C21H22Cl2N4O2. The first kappa shape index (κ1) is 21.3. The standard InChI is InChI=1S/C21H22Cl2N4O2/c1-3-10-27(12-19(28)24-18-9-8-15(22)11-14(18)2)13-20-25-26-21(29-20)16-6-4-5-7-17(16)23/h4-9,11H,3,10,12-13H2,1-2H3,(H,24,28). The van der Waals surface area contributed by atoms with E-state index in [1.807, 2.05) is 36.1 Å². The van der Waals surface area contributed by atoms with E-state index in [1.165, 1.54) is 0 Å². The molecule has 0 fully saturated rings. The zero-order valence-corrected chi connectivity index (χ0v) is 17.8. The topological polar surface area (TPSA) is 71.3 Å². The van der Waals surface area contributed by atoms with Crippen molar-refractivity contribution < 1.29 is 9.21 Å². The van der Waals surface area contributed by atoms with E-state index >= 15 is 0 Å². The SMILES string of the molecule is CCCN(CC(=O)Nc1ccc(Cl)cc1C)Cc1nnc(-c2ccccc2Cl)o1. The molecule has 0 atom stereocenters. The van der Waals surface area contributed by atoms with E-state index in [9.17, 15) is 4.79 Å². The Morgan fingerprint density at radius 1 is 1.17 bits per heavy atom. The summed E-state index contributed by atoms with van der Waals surface area (Å²) < 4.78 is 5.76. The van der Waals surface area contributed by atoms with E-state index in [-0.39, 0.29) is 12.5 Å². The Morgan fingerprint density at radius 3 is 2.69 bits per heavy atom. The summed E-state index contributed by atoms with van der Waals surface area (Å²) >= 11 is 12.2. The fourth-order valence-corrected chi connectivity index (χ4v) is 3.39. The summed E-state index contributed by atoms with van der Waals surface area (Å²) in [5.41, 5.74) is 2.34. The second-order valence-corrected chi connectivity index (χ2v) is 7.54. The van der Waals surface area contributed by atoms with Crippen LogP contribution in [-0.4, -0.2) is 34.1 Å². The molecule has 152 valence electrons. The molecular weight excluding hydrogens is 411 g/mol. The largest absolute Gasteiger partial charge is 0.419 e. The lowest BCUT2D eigenvalue weighted by Crippen LogP contribution is -2.33. The van der Waals surface area contributed by atoms with Gasteiger partial charge in [0, 0.05) is 10.7 Å². The number of anilines is 1. The van der Waals surface area contributed by atoms with E-state index in [1.54, 1.807) is 18.2 Å². The molecule has 0 spiro atoms. The van der Waals surface area contributed by atoms with Gasteiger partial charge in [-0.3, -0.25) is 9.69 Å². The second-order valence-electron chi connectivity index (χ2n) is 6.70. The van der Waals surface area contributed by atoms with Crippen LogP contribution in [0.3, 0.4) is 0 Å². The summed E-state index contributed by atoms with van der Waals surface area (Å²) in [6, 6.07) is 12.7. The number of aromatic nitrogens is 2. The minimum Gasteiger partial charge on any atom is -0.419 e. The van der Waals surface area contributed by atoms with Crippen LogP contribution in [0.2, 0.25) is 10.0 Å². The summed E-state index contributed by atoms with van der Waals surface area (Å²) in [7, 11) is 0. The van der Waals surface area contributed by atoms with Crippen LogP contribution < -0.4 is 5.32 Å². The van der Waals surface area contributed by atoms with Crippen LogP contribution in [0.25, 0.3) is 11.5 Å². The van der Waals surface area contributed by atoms with Gasteiger partial charge in [-0.15, -0.1) is 10.2 Å². The maximum atomic E-state index is 12.5. The molecule has 8 heteroatoms. The number of hydrogen-bond donors (Lipinski definition) is 1. The molecule has 0 unspecified atom stereocenters. The van der Waals surface area contributed by atoms with Gasteiger partial charge in [0.1, 0.15) is 0 Å². The molecule has 1 amide bonds. The number of nitrogens with zero attached hydrogens (tertiary/aromatic N) is 3. The van der Waals surface area contributed by atoms with Crippen LogP contribution in [0.4, 0.5) is 5.69 Å². The summed E-state index contributed by atoms with van der Waals surface area (Å²) in [6.45, 7) is 5.26. The van der Waals surface area contributed by atoms with E-state index in [0.717, 1.165) is 24.2 Å². The third-order valence-corrected chi connectivity index (χ3v) is 4.86. The zero-order valence-electron chi connectivity index (χ0n) is 16.3. The quantitative estimate of drug-likeness (QED) is 0.529. The van der Waals surface area contributed by atoms with Gasteiger partial charge in [0.25, 0.3) is 0 Å². The van der Waals surface area contributed by atoms with E-state index in [0.29, 0.717) is 33.9 Å². The van der Waals surface area contributed by atoms with Gasteiger partial charge in [0.15, 0.2) is 0 Å². The molecule has 1 heterocycles. The van der Waals surface area contributed by atoms with Crippen molar-refractivity contribution >= 4 is 34.8 Å². The molecule has 0 bridgehead atoms. The first-order chi connectivity index (χ1) is 14.0. The van der Waals surface area contributed by atoms with Gasteiger partial charge in [0.05, 0.1) is 23.7 Å². The lowest BCUT2D eigenvalue weighted by atomic mass is 10.2. The molecule has 6 nitrogen and oxygen atoms in total. The van der Waals surface area contributed by atoms with Crippen LogP contribution in [-0.2, 0) is 11.3 Å². The van der Waals surface area contributed by atoms with E-state index < -0.39 is 0 Å². The average molecular weight is 433 g/mol. The maximum absolute atomic E-state index is 12.5. The highest BCUT2D eigenvalue weighted by atomic mass is 35.5. The lowest BCUT2D eigenvalue weighted by molar-refractivity contribution is -0.117. The summed E-state index contributed by atoms with van der Waals surface area (Å²) in [4.78, 5) is 14.5. The van der Waals surface area contributed by atoms with Crippen molar-refractivity contribution in [3.05, 3.63) is 64.0 Å². The van der Waals surface area contributed by atoms with Gasteiger partial charge < -0.3 is 9.73 Å². The number of carbonyl (C=O) groups excluding carboxylic acids is 1. The number of aryl methyl sites for hydroxylation is 1. The molecule has 1 aromatic heterocycles. The number of carbonyl (C=O) groups is 1. The Kier molecular flexibility index (Phi) is 7.25. The smallest absolute Gasteiger partial charge is 0.249 e. The zero-order chi connectivity index (χ0) is 20.8. The van der Waals surface area contributed by atoms with E-state index in [4.69, 9.17) is 27.6 Å². The van der Waals surface area contributed by atoms with Crippen LogP contribution in [0.5, 0.6) is 0 Å². The van der Waals surface area contributed by atoms with Gasteiger partial charge >= 0.3 is 0 Å². The van der Waals surface area contributed by atoms with E-state index in [2.05, 4.69) is 22.4 Å². The fourth-order valence-electron chi connectivity index (χ4n) is 2.94. The average Bonchev–Trinajstić information content (AvgIpc) is 3.13. The van der Waals surface area contributed by atoms with Gasteiger partial charge in [-0.25, -0.2) is 0 Å². The molecule has 0 saturated carbocycles. The summed E-state index contributed by atoms with van der Waals surface area (Å²) in [5.74, 6) is 0.682. The highest BCUT2D eigenvalue weighted by Gasteiger charge is 2.17. The monoisotopic (exact) mass is 432 g/mol. The molecule has 0 radical (unpaired) electrons. The van der Waals surface area contributed by atoms with Crippen molar-refractivity contribution in [1.29, 1.82) is 0 Å². The minimum atomic E-state index is -0.116. The Labute approximate surface area is 179 Å². The predicted octanol–water partition coefficient (Wildman–Crippen LogP) is 5.20. The van der Waals surface area contributed by atoms with Crippen LogP contribution >= 0.6 is 23.2 Å². The van der Waals surface area contributed by atoms with Crippen molar-refractivity contribution in [3.8, 4) is 11.5 Å². The van der Waals surface area contributed by atoms with Crippen LogP contribution in [0.1, 0.15) is 24.8 Å². The number of rotatable bonds is 8. The molecule has 0 aliphatic rings. The number of amides is 1. The summed E-state index contributed by atoms with van der Waals surface area (Å²) in [5, 5.41) is 12.3. The molecule has 0 aliphatic heterocycles. The van der Waals surface area contributed by atoms with Gasteiger partial charge in [-0.05, 0) is 55.8 Å². The molecule has 2 aromatic carbocycles. The van der Waals surface area contributed by atoms with Crippen molar-refractivity contribution in [3.63, 3.8) is 0 Å². The first-order valence-corrected chi connectivity index (χ1v) is 10.1. The second kappa shape index (κ2) is 9.87. The Morgan fingerprint density at radius 2 is 1.97 bits per heavy atom. The number of benzene rings is 2. The molecule has 0 saturated heterocycles. The van der Waals surface area contributed by atoms with Crippen LogP contribution in [0, 0.1) is 6.92 Å². The highest BCUT2D eigenvalue weighted by Crippen LogP contribution is 2.26. The predicted molar refractivity (Wildman–Crippen MR) is 115 cm³/mol. The molecule has 3 rings (SSSR count). The van der Waals surface area contributed by atoms with Gasteiger partial charge in [-0.2, -0.15) is 0 Å². The summed E-state index contributed by atoms with van der Waals surface area (Å²) in [6.07, 6.45) is 0.888. The first-order valence-electron chi connectivity index (χ1n) is 9.32. The third kappa shape index (κ3) is 5.79. The third-order valence-electron chi connectivity index (χ3n) is 4.30. The van der Waals surface area contributed by atoms with Crippen molar-refractivity contribution in [1.82, 2.24) is 15.1 Å². The van der Waals surface area contributed by atoms with Crippen molar-refractivity contribution in [2.24, 2.45) is 0 Å². The highest BCUT2D eigenvalue weighted by molar-refractivity contribution is 6.33. The molecule has 0 aliphatic carbocycles. The Balaban J connectivity index is 1.66. The number of nitrogens with one attached hydrogen (secondary N) is 1. The number of hydrogen-bond acceptors (Lipinski definition) is 5. The normalized spacial score (nSPS) is 11.1. The van der Waals surface area contributed by atoms with Gasteiger partial charge in [-0.1, -0.05) is 42.3 Å². The molecule has 3 aromatic rings. The maximum Gasteiger partial charge on any atom is 0.249 e. The van der Waals surface area contributed by atoms with Gasteiger partial charge in [0.2, 0.25) is 17.7 Å². The lowest BCUT2D eigenvalue weighted by Gasteiger charge is -2.19. The van der Waals surface area contributed by atoms with Crippen molar-refractivity contribution in [2.75, 3.05) is 18.4 Å². The molecule has 1 N–H and O–H groups in total. The fraction of sp³-hybridized carbons (Fsp3) is 0.286.